The summed E-state index contributed by atoms with van der Waals surface area (Å²) in [6.07, 6.45) is 5.64. The molecule has 0 aromatic heterocycles. The predicted molar refractivity (Wildman–Crippen MR) is 109 cm³/mol. The summed E-state index contributed by atoms with van der Waals surface area (Å²) in [5.41, 5.74) is 0.543. The first-order valence-corrected chi connectivity index (χ1v) is 9.82. The van der Waals surface area contributed by atoms with Crippen LogP contribution in [0.15, 0.2) is 66.4 Å². The smallest absolute Gasteiger partial charge is 0.347 e. The average molecular weight is 397 g/mol. The van der Waals surface area contributed by atoms with Gasteiger partial charge in [-0.2, -0.15) is 0 Å². The summed E-state index contributed by atoms with van der Waals surface area (Å²) < 4.78 is 5.91. The van der Waals surface area contributed by atoms with E-state index in [1.807, 2.05) is 30.3 Å². The number of para-hydroxylation sites is 1. The van der Waals surface area contributed by atoms with Crippen molar-refractivity contribution >= 4 is 34.9 Å². The van der Waals surface area contributed by atoms with Gasteiger partial charge in [-0.15, -0.1) is 0 Å². The highest BCUT2D eigenvalue weighted by atomic mass is 35.5. The summed E-state index contributed by atoms with van der Waals surface area (Å²) >= 11 is 5.90. The normalized spacial score (nSPS) is 20.3. The Hall–Kier alpha value is -2.79. The minimum Gasteiger partial charge on any atom is -0.435 e. The van der Waals surface area contributed by atoms with Crippen molar-refractivity contribution in [1.82, 2.24) is 0 Å². The number of halogens is 1. The maximum absolute atomic E-state index is 13.4. The van der Waals surface area contributed by atoms with Gasteiger partial charge < -0.3 is 10.1 Å². The highest BCUT2D eigenvalue weighted by molar-refractivity contribution is 6.30. The number of rotatable bonds is 3. The summed E-state index contributed by atoms with van der Waals surface area (Å²) in [6, 6.07) is 16.4. The van der Waals surface area contributed by atoms with Crippen molar-refractivity contribution in [2.24, 2.45) is 0 Å². The van der Waals surface area contributed by atoms with Crippen LogP contribution in [0.25, 0.3) is 0 Å². The minimum atomic E-state index is -0.897. The van der Waals surface area contributed by atoms with E-state index in [1.165, 1.54) is 6.20 Å². The summed E-state index contributed by atoms with van der Waals surface area (Å²) in [7, 11) is 0. The predicted octanol–water partition coefficient (Wildman–Crippen LogP) is 4.89. The van der Waals surface area contributed by atoms with Crippen LogP contribution in [0.4, 0.5) is 11.4 Å². The molecule has 1 N–H and O–H groups in total. The Kier molecular flexibility index (Phi) is 5.09. The number of ether oxygens (including phenoxy) is 1. The summed E-state index contributed by atoms with van der Waals surface area (Å²) in [6.45, 7) is 0. The van der Waals surface area contributed by atoms with Crippen LogP contribution in [0.3, 0.4) is 0 Å². The molecule has 5 nitrogen and oxygen atoms in total. The maximum atomic E-state index is 13.4. The zero-order valence-electron chi connectivity index (χ0n) is 15.4. The Labute approximate surface area is 168 Å². The fraction of sp³-hybridized carbons (Fsp3) is 0.273. The van der Waals surface area contributed by atoms with Gasteiger partial charge in [0, 0.05) is 35.4 Å². The van der Waals surface area contributed by atoms with Crippen LogP contribution in [0.1, 0.15) is 32.1 Å². The SMILES string of the molecule is O=C1OC2(CCCCC2)N(c2ccccc2)C(=O)/C1=C\Nc1ccc(Cl)cc1. The molecule has 2 fully saturated rings. The Bertz CT molecular complexity index is 903. The number of esters is 1. The third-order valence-corrected chi connectivity index (χ3v) is 5.47. The van der Waals surface area contributed by atoms with Crippen LogP contribution in [-0.4, -0.2) is 17.6 Å². The molecular formula is C22H21ClN2O3. The number of anilines is 2. The van der Waals surface area contributed by atoms with Crippen LogP contribution in [0, 0.1) is 0 Å². The van der Waals surface area contributed by atoms with E-state index in [-0.39, 0.29) is 11.5 Å². The van der Waals surface area contributed by atoms with Gasteiger partial charge in [-0.05, 0) is 49.2 Å². The molecule has 0 atom stereocenters. The fourth-order valence-electron chi connectivity index (χ4n) is 3.85. The van der Waals surface area contributed by atoms with Gasteiger partial charge in [-0.1, -0.05) is 36.2 Å². The van der Waals surface area contributed by atoms with Gasteiger partial charge in [-0.3, -0.25) is 9.69 Å². The van der Waals surface area contributed by atoms with Crippen LogP contribution in [0.2, 0.25) is 5.02 Å². The highest BCUT2D eigenvalue weighted by Crippen LogP contribution is 2.42. The lowest BCUT2D eigenvalue weighted by Gasteiger charge is -2.48. The number of amides is 1. The Balaban J connectivity index is 1.68. The van der Waals surface area contributed by atoms with Gasteiger partial charge in [0.15, 0.2) is 5.72 Å². The Morgan fingerprint density at radius 2 is 1.64 bits per heavy atom. The highest BCUT2D eigenvalue weighted by Gasteiger charge is 2.51. The van der Waals surface area contributed by atoms with Crippen molar-refractivity contribution in [2.75, 3.05) is 10.2 Å². The number of nitrogens with zero attached hydrogens (tertiary/aromatic N) is 1. The molecule has 0 bridgehead atoms. The number of hydrogen-bond donors (Lipinski definition) is 1. The number of carbonyl (C=O) groups is 2. The summed E-state index contributed by atoms with van der Waals surface area (Å²) in [5, 5.41) is 3.61. The summed E-state index contributed by atoms with van der Waals surface area (Å²) in [5.74, 6) is -0.925. The van der Waals surface area contributed by atoms with Crippen molar-refractivity contribution in [3.05, 3.63) is 71.4 Å². The van der Waals surface area contributed by atoms with Crippen molar-refractivity contribution < 1.29 is 14.3 Å². The molecule has 6 heteroatoms. The molecule has 4 rings (SSSR count). The van der Waals surface area contributed by atoms with E-state index in [2.05, 4.69) is 5.32 Å². The Morgan fingerprint density at radius 1 is 0.964 bits per heavy atom. The summed E-state index contributed by atoms with van der Waals surface area (Å²) in [4.78, 5) is 27.8. The third kappa shape index (κ3) is 3.50. The average Bonchev–Trinajstić information content (AvgIpc) is 2.70. The number of benzene rings is 2. The molecule has 2 aliphatic rings. The van der Waals surface area contributed by atoms with Crippen molar-refractivity contribution in [3.63, 3.8) is 0 Å². The maximum Gasteiger partial charge on any atom is 0.347 e. The largest absolute Gasteiger partial charge is 0.435 e. The van der Waals surface area contributed by atoms with E-state index >= 15 is 0 Å². The topological polar surface area (TPSA) is 58.6 Å². The van der Waals surface area contributed by atoms with E-state index < -0.39 is 11.7 Å². The molecule has 1 saturated carbocycles. The van der Waals surface area contributed by atoms with E-state index in [4.69, 9.17) is 16.3 Å². The molecule has 144 valence electrons. The molecule has 0 radical (unpaired) electrons. The molecule has 1 saturated heterocycles. The molecular weight excluding hydrogens is 376 g/mol. The van der Waals surface area contributed by atoms with Crippen molar-refractivity contribution in [1.29, 1.82) is 0 Å². The number of nitrogens with one attached hydrogen (secondary N) is 1. The molecule has 0 unspecified atom stereocenters. The minimum absolute atomic E-state index is 0.0185. The number of hydrogen-bond acceptors (Lipinski definition) is 4. The molecule has 1 aliphatic carbocycles. The third-order valence-electron chi connectivity index (χ3n) is 5.22. The van der Waals surface area contributed by atoms with Crippen LogP contribution < -0.4 is 10.2 Å². The first-order chi connectivity index (χ1) is 13.6. The first kappa shape index (κ1) is 18.6. The molecule has 1 amide bonds. The zero-order valence-corrected chi connectivity index (χ0v) is 16.1. The van der Waals surface area contributed by atoms with Gasteiger partial charge in [0.25, 0.3) is 5.91 Å². The lowest BCUT2D eigenvalue weighted by atomic mass is 9.87. The molecule has 2 aromatic carbocycles. The van der Waals surface area contributed by atoms with Crippen LogP contribution >= 0.6 is 11.6 Å². The standard InChI is InChI=1S/C22H21ClN2O3/c23-16-9-11-17(12-10-16)24-15-19-20(26)25(18-7-3-1-4-8-18)22(28-21(19)27)13-5-2-6-14-22/h1,3-4,7-12,15,24H,2,5-6,13-14H2/b19-15+. The number of carbonyl (C=O) groups excluding carboxylic acids is 2. The second kappa shape index (κ2) is 7.68. The van der Waals surface area contributed by atoms with Gasteiger partial charge in [0.2, 0.25) is 0 Å². The monoisotopic (exact) mass is 396 g/mol. The quantitative estimate of drug-likeness (QED) is 0.456. The molecule has 2 aromatic rings. The second-order valence-corrected chi connectivity index (χ2v) is 7.52. The molecule has 1 spiro atoms. The first-order valence-electron chi connectivity index (χ1n) is 9.44. The van der Waals surface area contributed by atoms with E-state index in [0.29, 0.717) is 17.9 Å². The van der Waals surface area contributed by atoms with Crippen LogP contribution in [-0.2, 0) is 14.3 Å². The Morgan fingerprint density at radius 3 is 2.32 bits per heavy atom. The van der Waals surface area contributed by atoms with Gasteiger partial charge >= 0.3 is 5.97 Å². The lowest BCUT2D eigenvalue weighted by Crippen LogP contribution is -2.61. The fourth-order valence-corrected chi connectivity index (χ4v) is 3.97. The second-order valence-electron chi connectivity index (χ2n) is 7.08. The molecule has 28 heavy (non-hydrogen) atoms. The lowest BCUT2D eigenvalue weighted by molar-refractivity contribution is -0.166. The zero-order chi connectivity index (χ0) is 19.6. The van der Waals surface area contributed by atoms with Crippen molar-refractivity contribution in [3.8, 4) is 0 Å². The van der Waals surface area contributed by atoms with Gasteiger partial charge in [-0.25, -0.2) is 4.79 Å². The van der Waals surface area contributed by atoms with E-state index in [9.17, 15) is 9.59 Å². The molecule has 1 aliphatic heterocycles. The van der Waals surface area contributed by atoms with Crippen LogP contribution in [0.5, 0.6) is 0 Å². The van der Waals surface area contributed by atoms with Gasteiger partial charge in [0.05, 0.1) is 0 Å². The van der Waals surface area contributed by atoms with Gasteiger partial charge in [0.1, 0.15) is 5.57 Å². The van der Waals surface area contributed by atoms with E-state index in [1.54, 1.807) is 29.2 Å². The van der Waals surface area contributed by atoms with E-state index in [0.717, 1.165) is 30.6 Å². The molecule has 1 heterocycles. The van der Waals surface area contributed by atoms with Crippen molar-refractivity contribution in [2.45, 2.75) is 37.8 Å².